The lowest BCUT2D eigenvalue weighted by Crippen LogP contribution is -1.97. The Bertz CT molecular complexity index is 279. The predicted octanol–water partition coefficient (Wildman–Crippen LogP) is 2.14. The Labute approximate surface area is 71.8 Å². The molecule has 0 amide bonds. The van der Waals surface area contributed by atoms with Crippen molar-refractivity contribution >= 4 is 5.97 Å². The van der Waals surface area contributed by atoms with Crippen LogP contribution in [0.25, 0.3) is 0 Å². The van der Waals surface area contributed by atoms with Crippen LogP contribution in [-0.4, -0.2) is 11.1 Å². The minimum Gasteiger partial charge on any atom is -0.478 e. The number of aromatic carboxylic acids is 1. The van der Waals surface area contributed by atoms with Crippen molar-refractivity contribution in [3.05, 3.63) is 35.4 Å². The van der Waals surface area contributed by atoms with Gasteiger partial charge in [-0.15, -0.1) is 0 Å². The van der Waals surface area contributed by atoms with Gasteiger partial charge in [0, 0.05) is 0 Å². The minimum absolute atomic E-state index is 0.345. The average molecular weight is 163 g/mol. The number of carboxylic acids is 1. The number of aryl methyl sites for hydroxylation is 1. The monoisotopic (exact) mass is 163 g/mol. The fourth-order valence-electron chi connectivity index (χ4n) is 1.06. The van der Waals surface area contributed by atoms with Crippen LogP contribution in [0.4, 0.5) is 0 Å². The van der Waals surface area contributed by atoms with Gasteiger partial charge in [0.2, 0.25) is 0 Å². The molecule has 0 unspecified atom stereocenters. The zero-order valence-corrected chi connectivity index (χ0v) is 7.00. The first-order chi connectivity index (χ1) is 5.74. The molecule has 0 saturated carbocycles. The lowest BCUT2D eigenvalue weighted by Gasteiger charge is -1.98. The maximum absolute atomic E-state index is 10.5. The molecule has 1 rings (SSSR count). The number of carboxylic acid groups (broad SMARTS) is 1. The van der Waals surface area contributed by atoms with E-state index in [4.69, 9.17) is 5.11 Å². The number of hydrogen-bond acceptors (Lipinski definition) is 1. The topological polar surface area (TPSA) is 37.3 Å². The molecule has 0 atom stereocenters. The van der Waals surface area contributed by atoms with E-state index in [0.29, 0.717) is 5.56 Å². The maximum atomic E-state index is 10.5. The lowest BCUT2D eigenvalue weighted by atomic mass is 10.1. The molecular weight excluding hydrogens is 152 g/mol. The highest BCUT2D eigenvalue weighted by Crippen LogP contribution is 2.06. The van der Waals surface area contributed by atoms with Crippen molar-refractivity contribution in [1.29, 1.82) is 0 Å². The highest BCUT2D eigenvalue weighted by molar-refractivity contribution is 5.87. The highest BCUT2D eigenvalue weighted by atomic mass is 16.4. The second kappa shape index (κ2) is 3.90. The third-order valence-electron chi connectivity index (χ3n) is 1.63. The van der Waals surface area contributed by atoms with Crippen molar-refractivity contribution in [3.63, 3.8) is 0 Å². The molecule has 1 aromatic carbocycles. The smallest absolute Gasteiger partial charge is 0.335 e. The molecular formula is C10H11O2. The maximum Gasteiger partial charge on any atom is 0.335 e. The van der Waals surface area contributed by atoms with Gasteiger partial charge in [0.15, 0.2) is 0 Å². The summed E-state index contributed by atoms with van der Waals surface area (Å²) < 4.78 is 0. The molecule has 0 aliphatic carbocycles. The van der Waals surface area contributed by atoms with Crippen LogP contribution >= 0.6 is 0 Å². The Balaban J connectivity index is 2.88. The second-order valence-corrected chi connectivity index (χ2v) is 2.66. The predicted molar refractivity (Wildman–Crippen MR) is 46.2 cm³/mol. The summed E-state index contributed by atoms with van der Waals surface area (Å²) in [5, 5.41) is 8.66. The Hall–Kier alpha value is -1.31. The van der Waals surface area contributed by atoms with Gasteiger partial charge < -0.3 is 5.11 Å². The molecule has 0 aliphatic heterocycles. The summed E-state index contributed by atoms with van der Waals surface area (Å²) in [6.07, 6.45) is 1.90. The Kier molecular flexibility index (Phi) is 2.86. The normalized spacial score (nSPS) is 9.75. The fourth-order valence-corrected chi connectivity index (χ4v) is 1.06. The van der Waals surface area contributed by atoms with Crippen LogP contribution in [-0.2, 0) is 6.42 Å². The van der Waals surface area contributed by atoms with Crippen molar-refractivity contribution in [2.45, 2.75) is 19.8 Å². The molecule has 0 fully saturated rings. The number of rotatable bonds is 3. The first-order valence-corrected chi connectivity index (χ1v) is 3.98. The molecule has 1 radical (unpaired) electrons. The van der Waals surface area contributed by atoms with Crippen LogP contribution in [0.5, 0.6) is 0 Å². The zero-order valence-electron chi connectivity index (χ0n) is 7.00. The largest absolute Gasteiger partial charge is 0.478 e. The molecule has 0 aromatic heterocycles. The van der Waals surface area contributed by atoms with Crippen LogP contribution in [0.1, 0.15) is 29.3 Å². The van der Waals surface area contributed by atoms with E-state index in [1.165, 1.54) is 0 Å². The van der Waals surface area contributed by atoms with Gasteiger partial charge in [0.1, 0.15) is 0 Å². The zero-order chi connectivity index (χ0) is 8.97. The van der Waals surface area contributed by atoms with Gasteiger partial charge in [-0.25, -0.2) is 4.79 Å². The minimum atomic E-state index is -0.874. The summed E-state index contributed by atoms with van der Waals surface area (Å²) in [7, 11) is 0. The van der Waals surface area contributed by atoms with E-state index in [1.54, 1.807) is 18.2 Å². The van der Waals surface area contributed by atoms with E-state index in [-0.39, 0.29) is 0 Å². The molecule has 63 valence electrons. The van der Waals surface area contributed by atoms with Gasteiger partial charge >= 0.3 is 5.97 Å². The quantitative estimate of drug-likeness (QED) is 0.741. The summed E-state index contributed by atoms with van der Waals surface area (Å²) in [5.74, 6) is -0.874. The van der Waals surface area contributed by atoms with E-state index in [1.807, 2.05) is 0 Å². The first kappa shape index (κ1) is 8.78. The molecule has 2 heteroatoms. The number of benzene rings is 1. The van der Waals surface area contributed by atoms with Crippen molar-refractivity contribution < 1.29 is 9.90 Å². The summed E-state index contributed by atoms with van der Waals surface area (Å²) >= 11 is 0. The summed E-state index contributed by atoms with van der Waals surface area (Å²) in [6, 6.07) is 7.89. The second-order valence-electron chi connectivity index (χ2n) is 2.66. The molecule has 12 heavy (non-hydrogen) atoms. The van der Waals surface area contributed by atoms with E-state index in [2.05, 4.69) is 13.0 Å². The highest BCUT2D eigenvalue weighted by Gasteiger charge is 2.01. The fraction of sp³-hybridized carbons (Fsp3) is 0.300. The molecule has 0 aliphatic rings. The average Bonchev–Trinajstić information content (AvgIpc) is 2.05. The van der Waals surface area contributed by atoms with Gasteiger partial charge in [-0.05, 0) is 30.2 Å². The van der Waals surface area contributed by atoms with Crippen LogP contribution in [0.2, 0.25) is 0 Å². The summed E-state index contributed by atoms with van der Waals surface area (Å²) in [4.78, 5) is 10.5. The third kappa shape index (κ3) is 2.09. The van der Waals surface area contributed by atoms with Crippen molar-refractivity contribution in [1.82, 2.24) is 0 Å². The van der Waals surface area contributed by atoms with Crippen LogP contribution in [0, 0.1) is 6.07 Å². The third-order valence-corrected chi connectivity index (χ3v) is 1.63. The Morgan fingerprint density at radius 3 is 3.00 bits per heavy atom. The van der Waals surface area contributed by atoms with Crippen LogP contribution in [0.3, 0.4) is 0 Å². The van der Waals surface area contributed by atoms with E-state index < -0.39 is 5.97 Å². The van der Waals surface area contributed by atoms with Gasteiger partial charge in [0.25, 0.3) is 0 Å². The SMILES string of the molecule is CCCc1[c]ccc(C(=O)O)c1. The van der Waals surface area contributed by atoms with Gasteiger partial charge in [-0.2, -0.15) is 0 Å². The summed E-state index contributed by atoms with van der Waals surface area (Å²) in [5.41, 5.74) is 1.31. The standard InChI is InChI=1S/C10H11O2/c1-2-4-8-5-3-6-9(7-8)10(11)12/h3,6-7H,2,4H2,1H3,(H,11,12). The lowest BCUT2D eigenvalue weighted by molar-refractivity contribution is 0.0697. The van der Waals surface area contributed by atoms with Gasteiger partial charge in [-0.1, -0.05) is 19.4 Å². The molecule has 0 saturated heterocycles. The number of hydrogen-bond donors (Lipinski definition) is 1. The van der Waals surface area contributed by atoms with E-state index in [9.17, 15) is 4.79 Å². The van der Waals surface area contributed by atoms with Gasteiger partial charge in [0.05, 0.1) is 5.56 Å². The van der Waals surface area contributed by atoms with Gasteiger partial charge in [-0.3, -0.25) is 0 Å². The molecule has 1 aromatic rings. The first-order valence-electron chi connectivity index (χ1n) is 3.98. The molecule has 2 nitrogen and oxygen atoms in total. The molecule has 1 N–H and O–H groups in total. The number of carbonyl (C=O) groups is 1. The summed E-state index contributed by atoms with van der Waals surface area (Å²) in [6.45, 7) is 2.06. The van der Waals surface area contributed by atoms with E-state index >= 15 is 0 Å². The van der Waals surface area contributed by atoms with Crippen molar-refractivity contribution in [2.24, 2.45) is 0 Å². The Morgan fingerprint density at radius 2 is 2.42 bits per heavy atom. The molecule has 0 bridgehead atoms. The van der Waals surface area contributed by atoms with Crippen LogP contribution < -0.4 is 0 Å². The van der Waals surface area contributed by atoms with Crippen LogP contribution in [0.15, 0.2) is 18.2 Å². The van der Waals surface area contributed by atoms with E-state index in [0.717, 1.165) is 18.4 Å². The molecule has 0 heterocycles. The van der Waals surface area contributed by atoms with Crippen molar-refractivity contribution in [3.8, 4) is 0 Å². The molecule has 0 spiro atoms. The van der Waals surface area contributed by atoms with Crippen molar-refractivity contribution in [2.75, 3.05) is 0 Å². The Morgan fingerprint density at radius 1 is 1.67 bits per heavy atom.